The quantitative estimate of drug-likeness (QED) is 0.297. The molecule has 0 saturated carbocycles. The Morgan fingerprint density at radius 1 is 0.962 bits per heavy atom. The summed E-state index contributed by atoms with van der Waals surface area (Å²) in [7, 11) is 0. The minimum atomic E-state index is 0.975. The highest BCUT2D eigenvalue weighted by atomic mass is 32.2. The Kier molecular flexibility index (Phi) is 10.4. The van der Waals surface area contributed by atoms with Crippen LogP contribution >= 0.6 is 11.9 Å². The molecule has 0 fully saturated rings. The number of aliphatic imine (C=N–C) groups is 1. The summed E-state index contributed by atoms with van der Waals surface area (Å²) in [6.45, 7) is 10.2. The zero-order valence-electron chi connectivity index (χ0n) is 17.2. The van der Waals surface area contributed by atoms with Crippen molar-refractivity contribution in [2.75, 3.05) is 25.4 Å². The summed E-state index contributed by atoms with van der Waals surface area (Å²) in [4.78, 5) is 4.76. The van der Waals surface area contributed by atoms with Crippen molar-refractivity contribution in [2.45, 2.75) is 78.6 Å². The molecule has 1 aliphatic carbocycles. The summed E-state index contributed by atoms with van der Waals surface area (Å²) in [6, 6.07) is 7.12. The number of hydrogen-bond donors (Lipinski definition) is 0. The fraction of sp³-hybridized carbons (Fsp3) is 0.696. The Morgan fingerprint density at radius 3 is 2.58 bits per heavy atom. The van der Waals surface area contributed by atoms with Gasteiger partial charge in [-0.1, -0.05) is 63.8 Å². The van der Waals surface area contributed by atoms with Crippen LogP contribution in [0, 0.1) is 0 Å². The Balaban J connectivity index is 1.68. The van der Waals surface area contributed by atoms with Gasteiger partial charge in [-0.15, -0.1) is 0 Å². The van der Waals surface area contributed by atoms with Gasteiger partial charge < -0.3 is 0 Å². The van der Waals surface area contributed by atoms with Crippen LogP contribution in [0.4, 0.5) is 0 Å². The number of rotatable bonds is 13. The zero-order chi connectivity index (χ0) is 18.6. The monoisotopic (exact) mass is 374 g/mol. The fourth-order valence-electron chi connectivity index (χ4n) is 3.73. The maximum Gasteiger partial charge on any atom is 0.0426 e. The van der Waals surface area contributed by atoms with E-state index in [0.717, 1.165) is 19.4 Å². The van der Waals surface area contributed by atoms with E-state index in [0.29, 0.717) is 0 Å². The summed E-state index contributed by atoms with van der Waals surface area (Å²) < 4.78 is 2.55. The molecule has 0 aromatic heterocycles. The first-order valence-electron chi connectivity index (χ1n) is 10.8. The van der Waals surface area contributed by atoms with Crippen LogP contribution in [-0.2, 0) is 12.8 Å². The highest BCUT2D eigenvalue weighted by Crippen LogP contribution is 2.25. The first-order valence-corrected chi connectivity index (χ1v) is 11.8. The summed E-state index contributed by atoms with van der Waals surface area (Å²) in [5.74, 6) is 1.20. The Labute approximate surface area is 166 Å². The molecule has 0 saturated heterocycles. The number of hydrogen-bond acceptors (Lipinski definition) is 3. The average Bonchev–Trinajstić information content (AvgIpc) is 3.05. The first kappa shape index (κ1) is 21.5. The lowest BCUT2D eigenvalue weighted by Crippen LogP contribution is -2.18. The van der Waals surface area contributed by atoms with Gasteiger partial charge in [-0.25, -0.2) is 0 Å². The van der Waals surface area contributed by atoms with E-state index in [9.17, 15) is 0 Å². The van der Waals surface area contributed by atoms with Gasteiger partial charge in [0.1, 0.15) is 0 Å². The van der Waals surface area contributed by atoms with E-state index >= 15 is 0 Å². The molecule has 0 atom stereocenters. The smallest absolute Gasteiger partial charge is 0.0426 e. The van der Waals surface area contributed by atoms with E-state index in [4.69, 9.17) is 4.99 Å². The predicted molar refractivity (Wildman–Crippen MR) is 119 cm³/mol. The molecule has 26 heavy (non-hydrogen) atoms. The van der Waals surface area contributed by atoms with Crippen LogP contribution in [0.25, 0.3) is 0 Å². The Bertz CT molecular complexity index is 547. The second kappa shape index (κ2) is 12.6. The van der Waals surface area contributed by atoms with Gasteiger partial charge in [0.2, 0.25) is 0 Å². The van der Waals surface area contributed by atoms with Gasteiger partial charge in [0.15, 0.2) is 0 Å². The summed E-state index contributed by atoms with van der Waals surface area (Å²) >= 11 is 2.00. The summed E-state index contributed by atoms with van der Waals surface area (Å²) in [5.41, 5.74) is 5.82. The van der Waals surface area contributed by atoms with E-state index in [2.05, 4.69) is 43.3 Å². The molecular formula is C23H38N2S. The standard InChI is InChI=1S/C23H38N2S/c1-4-16-24-23-15-13-21-19-20(12-14-22(21)23)11-9-7-8-10-18-25(17-5-2)26-6-3/h12,14,19H,4-11,13,15-18H2,1-3H3/b24-23+. The van der Waals surface area contributed by atoms with Crippen molar-refractivity contribution in [2.24, 2.45) is 4.99 Å². The van der Waals surface area contributed by atoms with Gasteiger partial charge in [-0.3, -0.25) is 9.30 Å². The predicted octanol–water partition coefficient (Wildman–Crippen LogP) is 6.31. The molecule has 2 nitrogen and oxygen atoms in total. The third kappa shape index (κ3) is 7.08. The minimum absolute atomic E-state index is 0.975. The number of aryl methyl sites for hydroxylation is 2. The molecule has 1 aromatic rings. The van der Waals surface area contributed by atoms with Crippen LogP contribution in [0.1, 0.15) is 82.4 Å². The van der Waals surface area contributed by atoms with Crippen LogP contribution in [0.2, 0.25) is 0 Å². The molecular weight excluding hydrogens is 336 g/mol. The molecule has 3 heteroatoms. The molecule has 0 bridgehead atoms. The van der Waals surface area contributed by atoms with Crippen molar-refractivity contribution in [1.29, 1.82) is 0 Å². The molecule has 0 unspecified atom stereocenters. The fourth-order valence-corrected chi connectivity index (χ4v) is 4.67. The van der Waals surface area contributed by atoms with Crippen molar-refractivity contribution in [3.8, 4) is 0 Å². The van der Waals surface area contributed by atoms with Crippen molar-refractivity contribution < 1.29 is 0 Å². The number of fused-ring (bicyclic) bond motifs is 1. The van der Waals surface area contributed by atoms with E-state index in [1.54, 1.807) is 0 Å². The van der Waals surface area contributed by atoms with Gasteiger partial charge in [-0.05, 0) is 61.6 Å². The van der Waals surface area contributed by atoms with Gasteiger partial charge in [0.05, 0.1) is 0 Å². The zero-order valence-corrected chi connectivity index (χ0v) is 18.0. The summed E-state index contributed by atoms with van der Waals surface area (Å²) in [5, 5.41) is 0. The lowest BCUT2D eigenvalue weighted by atomic mass is 10.0. The van der Waals surface area contributed by atoms with Crippen LogP contribution in [0.15, 0.2) is 23.2 Å². The first-order chi connectivity index (χ1) is 12.8. The lowest BCUT2D eigenvalue weighted by Gasteiger charge is -2.19. The molecule has 1 aliphatic rings. The second-order valence-corrected chi connectivity index (χ2v) is 8.68. The maximum atomic E-state index is 4.76. The van der Waals surface area contributed by atoms with Crippen LogP contribution in [-0.4, -0.2) is 35.4 Å². The molecule has 146 valence electrons. The molecule has 0 aliphatic heterocycles. The lowest BCUT2D eigenvalue weighted by molar-refractivity contribution is 0.444. The van der Waals surface area contributed by atoms with E-state index < -0.39 is 0 Å². The van der Waals surface area contributed by atoms with Crippen molar-refractivity contribution in [3.63, 3.8) is 0 Å². The molecule has 0 radical (unpaired) electrons. The van der Waals surface area contributed by atoms with Crippen molar-refractivity contribution >= 4 is 17.7 Å². The minimum Gasteiger partial charge on any atom is -0.289 e. The highest BCUT2D eigenvalue weighted by Gasteiger charge is 2.17. The highest BCUT2D eigenvalue weighted by molar-refractivity contribution is 7.96. The molecule has 0 heterocycles. The van der Waals surface area contributed by atoms with Gasteiger partial charge in [0, 0.05) is 31.1 Å². The van der Waals surface area contributed by atoms with Gasteiger partial charge in [0.25, 0.3) is 0 Å². The number of nitrogens with zero attached hydrogens (tertiary/aromatic N) is 2. The van der Waals surface area contributed by atoms with Crippen molar-refractivity contribution in [1.82, 2.24) is 4.31 Å². The normalized spacial score (nSPS) is 15.2. The summed E-state index contributed by atoms with van der Waals surface area (Å²) in [6.07, 6.45) is 11.4. The van der Waals surface area contributed by atoms with Crippen LogP contribution < -0.4 is 0 Å². The third-order valence-corrected chi connectivity index (χ3v) is 6.03. The third-order valence-electron chi connectivity index (χ3n) is 5.05. The topological polar surface area (TPSA) is 15.6 Å². The Hall–Kier alpha value is -0.800. The van der Waals surface area contributed by atoms with E-state index in [-0.39, 0.29) is 0 Å². The SMILES string of the molecule is CCC/N=C1\CCc2cc(CCCCCCN(CCC)SCC)ccc21. The number of unbranched alkanes of at least 4 members (excludes halogenated alkanes) is 3. The Morgan fingerprint density at radius 2 is 1.81 bits per heavy atom. The largest absolute Gasteiger partial charge is 0.289 e. The second-order valence-electron chi connectivity index (χ2n) is 7.33. The number of benzene rings is 1. The van der Waals surface area contributed by atoms with Crippen LogP contribution in [0.5, 0.6) is 0 Å². The maximum absolute atomic E-state index is 4.76. The molecule has 0 N–H and O–H groups in total. The van der Waals surface area contributed by atoms with Crippen molar-refractivity contribution in [3.05, 3.63) is 34.9 Å². The molecule has 0 amide bonds. The van der Waals surface area contributed by atoms with Crippen LogP contribution in [0.3, 0.4) is 0 Å². The average molecular weight is 375 g/mol. The molecule has 2 rings (SSSR count). The molecule has 1 aromatic carbocycles. The van der Waals surface area contributed by atoms with Gasteiger partial charge in [-0.2, -0.15) is 0 Å². The van der Waals surface area contributed by atoms with E-state index in [1.807, 2.05) is 11.9 Å². The van der Waals surface area contributed by atoms with E-state index in [1.165, 1.54) is 86.2 Å². The molecule has 0 spiro atoms. The van der Waals surface area contributed by atoms with Gasteiger partial charge >= 0.3 is 0 Å².